The maximum absolute atomic E-state index is 11.4. The maximum Gasteiger partial charge on any atom is 0.232 e. The van der Waals surface area contributed by atoms with Crippen LogP contribution in [0.2, 0.25) is 0 Å². The third kappa shape index (κ3) is 4.99. The summed E-state index contributed by atoms with van der Waals surface area (Å²) >= 11 is 0. The minimum Gasteiger partial charge on any atom is -0.300 e. The van der Waals surface area contributed by atoms with Crippen LogP contribution in [0.4, 0.5) is 5.69 Å². The highest BCUT2D eigenvalue weighted by Gasteiger charge is 2.06. The number of rotatable bonds is 6. The Morgan fingerprint density at radius 1 is 1.35 bits per heavy atom. The minimum atomic E-state index is -3.24. The number of Topliss-reactive ketones (excluding diaryl/α,β-unsaturated/α-hetero) is 1. The van der Waals surface area contributed by atoms with Crippen LogP contribution in [0.1, 0.15) is 25.8 Å². The quantitative estimate of drug-likeness (QED) is 0.845. The second kappa shape index (κ2) is 5.82. The summed E-state index contributed by atoms with van der Waals surface area (Å²) in [5.74, 6) is 0.176. The summed E-state index contributed by atoms with van der Waals surface area (Å²) in [6.45, 7) is 3.13. The van der Waals surface area contributed by atoms with E-state index >= 15 is 0 Å². The van der Waals surface area contributed by atoms with Crippen LogP contribution in [-0.4, -0.2) is 20.0 Å². The van der Waals surface area contributed by atoms with Crippen molar-refractivity contribution in [2.24, 2.45) is 0 Å². The minimum absolute atomic E-state index is 0.0463. The summed E-state index contributed by atoms with van der Waals surface area (Å²) in [7, 11) is -3.24. The Morgan fingerprint density at radius 2 is 2.06 bits per heavy atom. The largest absolute Gasteiger partial charge is 0.300 e. The summed E-state index contributed by atoms with van der Waals surface area (Å²) in [5, 5.41) is 0. The molecule has 0 spiro atoms. The van der Waals surface area contributed by atoms with Crippen molar-refractivity contribution in [2.45, 2.75) is 26.7 Å². The molecule has 0 aliphatic rings. The summed E-state index contributed by atoms with van der Waals surface area (Å²) in [6.07, 6.45) is 1.11. The van der Waals surface area contributed by atoms with E-state index in [-0.39, 0.29) is 11.5 Å². The Labute approximate surface area is 102 Å². The predicted molar refractivity (Wildman–Crippen MR) is 68.5 cm³/mol. The van der Waals surface area contributed by atoms with Crippen LogP contribution in [0.3, 0.4) is 0 Å². The molecule has 0 amide bonds. The molecule has 4 nitrogen and oxygen atoms in total. The fourth-order valence-electron chi connectivity index (χ4n) is 1.36. The molecular formula is C12H17NO3S. The third-order valence-corrected chi connectivity index (χ3v) is 3.65. The van der Waals surface area contributed by atoms with Gasteiger partial charge in [0.2, 0.25) is 10.0 Å². The Morgan fingerprint density at radius 3 is 2.65 bits per heavy atom. The van der Waals surface area contributed by atoms with E-state index in [0.29, 0.717) is 18.5 Å². The monoisotopic (exact) mass is 255 g/mol. The number of ketones is 1. The van der Waals surface area contributed by atoms with Gasteiger partial charge in [0.25, 0.3) is 0 Å². The molecule has 0 heterocycles. The van der Waals surface area contributed by atoms with Crippen molar-refractivity contribution in [3.05, 3.63) is 29.8 Å². The lowest BCUT2D eigenvalue weighted by atomic mass is 10.1. The number of aryl methyl sites for hydroxylation is 1. The van der Waals surface area contributed by atoms with Gasteiger partial charge in [-0.05, 0) is 38.0 Å². The maximum atomic E-state index is 11.4. The van der Waals surface area contributed by atoms with Gasteiger partial charge in [0.15, 0.2) is 0 Å². The van der Waals surface area contributed by atoms with Crippen molar-refractivity contribution in [2.75, 3.05) is 10.5 Å². The zero-order valence-electron chi connectivity index (χ0n) is 10.1. The van der Waals surface area contributed by atoms with Gasteiger partial charge in [0.1, 0.15) is 5.78 Å². The lowest BCUT2D eigenvalue weighted by Crippen LogP contribution is -2.14. The first-order valence-corrected chi connectivity index (χ1v) is 7.17. The molecule has 0 radical (unpaired) electrons. The Hall–Kier alpha value is -1.36. The number of hydrogen-bond acceptors (Lipinski definition) is 3. The van der Waals surface area contributed by atoms with Crippen LogP contribution in [0.15, 0.2) is 24.3 Å². The van der Waals surface area contributed by atoms with E-state index in [1.807, 2.05) is 6.07 Å². The summed E-state index contributed by atoms with van der Waals surface area (Å²) in [4.78, 5) is 10.9. The molecule has 0 aromatic heterocycles. The van der Waals surface area contributed by atoms with Gasteiger partial charge in [-0.15, -0.1) is 0 Å². The lowest BCUT2D eigenvalue weighted by molar-refractivity contribution is -0.116. The average molecular weight is 255 g/mol. The van der Waals surface area contributed by atoms with Gasteiger partial charge in [-0.2, -0.15) is 0 Å². The van der Waals surface area contributed by atoms with Crippen LogP contribution in [-0.2, 0) is 21.2 Å². The molecule has 0 fully saturated rings. The number of anilines is 1. The normalized spacial score (nSPS) is 11.2. The zero-order valence-corrected chi connectivity index (χ0v) is 10.9. The molecule has 1 aromatic carbocycles. The second-order valence-electron chi connectivity index (χ2n) is 3.91. The van der Waals surface area contributed by atoms with Crippen molar-refractivity contribution in [1.29, 1.82) is 0 Å². The molecular weight excluding hydrogens is 238 g/mol. The van der Waals surface area contributed by atoms with Crippen LogP contribution < -0.4 is 4.72 Å². The smallest absolute Gasteiger partial charge is 0.232 e. The first kappa shape index (κ1) is 13.7. The topological polar surface area (TPSA) is 63.2 Å². The van der Waals surface area contributed by atoms with Gasteiger partial charge in [-0.3, -0.25) is 4.72 Å². The number of carbonyl (C=O) groups is 1. The van der Waals surface area contributed by atoms with Crippen molar-refractivity contribution in [1.82, 2.24) is 0 Å². The van der Waals surface area contributed by atoms with Crippen LogP contribution in [0.5, 0.6) is 0 Å². The molecule has 0 unspecified atom stereocenters. The van der Waals surface area contributed by atoms with E-state index in [2.05, 4.69) is 4.72 Å². The van der Waals surface area contributed by atoms with Crippen molar-refractivity contribution >= 4 is 21.5 Å². The van der Waals surface area contributed by atoms with Gasteiger partial charge in [-0.25, -0.2) is 8.42 Å². The van der Waals surface area contributed by atoms with Gasteiger partial charge < -0.3 is 4.79 Å². The van der Waals surface area contributed by atoms with Gasteiger partial charge >= 0.3 is 0 Å². The molecule has 0 saturated heterocycles. The van der Waals surface area contributed by atoms with Gasteiger partial charge in [0, 0.05) is 12.1 Å². The van der Waals surface area contributed by atoms with E-state index in [0.717, 1.165) is 5.56 Å². The molecule has 1 N–H and O–H groups in total. The molecule has 0 saturated carbocycles. The highest BCUT2D eigenvalue weighted by Crippen LogP contribution is 2.14. The fraction of sp³-hybridized carbons (Fsp3) is 0.417. The van der Waals surface area contributed by atoms with Crippen molar-refractivity contribution in [3.63, 3.8) is 0 Å². The molecule has 1 rings (SSSR count). The number of benzene rings is 1. The van der Waals surface area contributed by atoms with E-state index < -0.39 is 10.0 Å². The van der Waals surface area contributed by atoms with Crippen LogP contribution >= 0.6 is 0 Å². The zero-order chi connectivity index (χ0) is 12.9. The standard InChI is InChI=1S/C12H17NO3S/c1-3-17(15,16)13-12-6-4-5-11(9-12)8-7-10(2)14/h4-6,9,13H,3,7-8H2,1-2H3. The lowest BCUT2D eigenvalue weighted by Gasteiger charge is -2.07. The van der Waals surface area contributed by atoms with Crippen LogP contribution in [0.25, 0.3) is 0 Å². The molecule has 5 heteroatoms. The van der Waals surface area contributed by atoms with Gasteiger partial charge in [0.05, 0.1) is 5.75 Å². The van der Waals surface area contributed by atoms with Gasteiger partial charge in [-0.1, -0.05) is 12.1 Å². The first-order valence-electron chi connectivity index (χ1n) is 5.52. The number of sulfonamides is 1. The Bertz CT molecular complexity index is 494. The van der Waals surface area contributed by atoms with E-state index in [9.17, 15) is 13.2 Å². The molecule has 0 aliphatic heterocycles. The summed E-state index contributed by atoms with van der Waals surface area (Å²) < 4.78 is 25.2. The average Bonchev–Trinajstić information content (AvgIpc) is 2.26. The number of nitrogens with one attached hydrogen (secondary N) is 1. The molecule has 1 aromatic rings. The third-order valence-electron chi connectivity index (χ3n) is 2.35. The van der Waals surface area contributed by atoms with E-state index in [4.69, 9.17) is 0 Å². The Kier molecular flexibility index (Phi) is 4.69. The highest BCUT2D eigenvalue weighted by molar-refractivity contribution is 7.92. The number of carbonyl (C=O) groups excluding carboxylic acids is 1. The SMILES string of the molecule is CCS(=O)(=O)Nc1cccc(CCC(C)=O)c1. The molecule has 94 valence electrons. The van der Waals surface area contributed by atoms with E-state index in [1.165, 1.54) is 0 Å². The second-order valence-corrected chi connectivity index (χ2v) is 5.92. The Balaban J connectivity index is 2.76. The van der Waals surface area contributed by atoms with Crippen LogP contribution in [0, 0.1) is 0 Å². The van der Waals surface area contributed by atoms with E-state index in [1.54, 1.807) is 32.0 Å². The first-order chi connectivity index (χ1) is 7.93. The molecule has 17 heavy (non-hydrogen) atoms. The predicted octanol–water partition coefficient (Wildman–Crippen LogP) is 1.97. The highest BCUT2D eigenvalue weighted by atomic mass is 32.2. The fourth-order valence-corrected chi connectivity index (χ4v) is 1.99. The summed E-state index contributed by atoms with van der Waals surface area (Å²) in [6, 6.07) is 7.12. The molecule has 0 bridgehead atoms. The van der Waals surface area contributed by atoms with Crippen molar-refractivity contribution < 1.29 is 13.2 Å². The molecule has 0 aliphatic carbocycles. The molecule has 0 atom stereocenters. The number of hydrogen-bond donors (Lipinski definition) is 1. The summed E-state index contributed by atoms with van der Waals surface area (Å²) in [5.41, 5.74) is 1.50. The van der Waals surface area contributed by atoms with Crippen molar-refractivity contribution in [3.8, 4) is 0 Å².